The summed E-state index contributed by atoms with van der Waals surface area (Å²) < 4.78 is 13.0. The predicted octanol–water partition coefficient (Wildman–Crippen LogP) is 3.06. The van der Waals surface area contributed by atoms with Crippen LogP contribution in [0.3, 0.4) is 0 Å². The summed E-state index contributed by atoms with van der Waals surface area (Å²) in [5, 5.41) is 4.09. The minimum Gasteiger partial charge on any atom is -0.370 e. The van der Waals surface area contributed by atoms with Crippen molar-refractivity contribution in [3.63, 3.8) is 0 Å². The van der Waals surface area contributed by atoms with Gasteiger partial charge in [0, 0.05) is 19.1 Å². The molecule has 2 aliphatic rings. The number of halogens is 2. The standard InChI is InChI=1S/C14H18ClFN2/c15-13-7-11(16)1-4-14(13)18-6-5-10(9-18)8-17-12-2-3-12/h1,4,7,10,12,17H,2-3,5-6,8-9H2. The molecule has 1 atom stereocenters. The molecule has 0 amide bonds. The number of benzene rings is 1. The average molecular weight is 269 g/mol. The molecular weight excluding hydrogens is 251 g/mol. The Morgan fingerprint density at radius 1 is 1.33 bits per heavy atom. The molecule has 18 heavy (non-hydrogen) atoms. The lowest BCUT2D eigenvalue weighted by Crippen LogP contribution is -2.27. The molecule has 1 saturated carbocycles. The maximum absolute atomic E-state index is 13.0. The molecule has 1 saturated heterocycles. The van der Waals surface area contributed by atoms with Crippen molar-refractivity contribution in [2.75, 3.05) is 24.5 Å². The Balaban J connectivity index is 1.59. The third kappa shape index (κ3) is 2.78. The van der Waals surface area contributed by atoms with Gasteiger partial charge in [-0.2, -0.15) is 0 Å². The fourth-order valence-electron chi connectivity index (χ4n) is 2.58. The molecule has 0 spiro atoms. The van der Waals surface area contributed by atoms with Crippen molar-refractivity contribution in [2.24, 2.45) is 5.92 Å². The van der Waals surface area contributed by atoms with Gasteiger partial charge in [-0.1, -0.05) is 11.6 Å². The van der Waals surface area contributed by atoms with Crippen molar-refractivity contribution in [1.29, 1.82) is 0 Å². The Labute approximate surface area is 112 Å². The molecular formula is C14H18ClFN2. The van der Waals surface area contributed by atoms with Gasteiger partial charge < -0.3 is 10.2 Å². The smallest absolute Gasteiger partial charge is 0.124 e. The summed E-state index contributed by atoms with van der Waals surface area (Å²) in [5.74, 6) is 0.418. The van der Waals surface area contributed by atoms with E-state index in [9.17, 15) is 4.39 Å². The predicted molar refractivity (Wildman–Crippen MR) is 72.8 cm³/mol. The Kier molecular flexibility index (Phi) is 3.44. The lowest BCUT2D eigenvalue weighted by Gasteiger charge is -2.20. The lowest BCUT2D eigenvalue weighted by atomic mass is 10.1. The quantitative estimate of drug-likeness (QED) is 0.903. The van der Waals surface area contributed by atoms with Gasteiger partial charge >= 0.3 is 0 Å². The van der Waals surface area contributed by atoms with Gasteiger partial charge in [0.1, 0.15) is 5.82 Å². The molecule has 0 bridgehead atoms. The van der Waals surface area contributed by atoms with Crippen LogP contribution in [-0.2, 0) is 0 Å². The number of rotatable bonds is 4. The second kappa shape index (κ2) is 5.06. The second-order valence-electron chi connectivity index (χ2n) is 5.38. The van der Waals surface area contributed by atoms with Crippen LogP contribution >= 0.6 is 11.6 Å². The summed E-state index contributed by atoms with van der Waals surface area (Å²) in [5.41, 5.74) is 0.965. The number of anilines is 1. The summed E-state index contributed by atoms with van der Waals surface area (Å²) in [6, 6.07) is 5.44. The molecule has 2 fully saturated rings. The van der Waals surface area contributed by atoms with Gasteiger partial charge in [0.15, 0.2) is 0 Å². The van der Waals surface area contributed by atoms with Crippen LogP contribution < -0.4 is 10.2 Å². The number of nitrogens with one attached hydrogen (secondary N) is 1. The molecule has 1 N–H and O–H groups in total. The summed E-state index contributed by atoms with van der Waals surface area (Å²) >= 11 is 6.10. The highest BCUT2D eigenvalue weighted by molar-refractivity contribution is 6.33. The number of hydrogen-bond donors (Lipinski definition) is 1. The van der Waals surface area contributed by atoms with Crippen molar-refractivity contribution in [3.05, 3.63) is 29.0 Å². The van der Waals surface area contributed by atoms with Crippen LogP contribution in [0.4, 0.5) is 10.1 Å². The van der Waals surface area contributed by atoms with E-state index in [1.165, 1.54) is 31.4 Å². The number of hydrogen-bond acceptors (Lipinski definition) is 2. The van der Waals surface area contributed by atoms with E-state index in [1.54, 1.807) is 6.07 Å². The van der Waals surface area contributed by atoms with Crippen LogP contribution in [0.1, 0.15) is 19.3 Å². The van der Waals surface area contributed by atoms with Crippen molar-refractivity contribution < 1.29 is 4.39 Å². The van der Waals surface area contributed by atoms with E-state index in [0.717, 1.165) is 31.4 Å². The van der Waals surface area contributed by atoms with Gasteiger partial charge in [-0.05, 0) is 49.9 Å². The van der Waals surface area contributed by atoms with Gasteiger partial charge in [0.05, 0.1) is 10.7 Å². The zero-order valence-electron chi connectivity index (χ0n) is 10.3. The van der Waals surface area contributed by atoms with Gasteiger partial charge in [-0.3, -0.25) is 0 Å². The van der Waals surface area contributed by atoms with E-state index in [4.69, 9.17) is 11.6 Å². The SMILES string of the molecule is Fc1ccc(N2CCC(CNC3CC3)C2)c(Cl)c1. The highest BCUT2D eigenvalue weighted by Crippen LogP contribution is 2.31. The van der Waals surface area contributed by atoms with Crippen LogP contribution in [-0.4, -0.2) is 25.7 Å². The van der Waals surface area contributed by atoms with Crippen LogP contribution in [0.5, 0.6) is 0 Å². The highest BCUT2D eigenvalue weighted by Gasteiger charge is 2.27. The monoisotopic (exact) mass is 268 g/mol. The normalized spacial score (nSPS) is 23.7. The van der Waals surface area contributed by atoms with Crippen LogP contribution in [0.15, 0.2) is 18.2 Å². The second-order valence-corrected chi connectivity index (χ2v) is 5.79. The van der Waals surface area contributed by atoms with Gasteiger partial charge in [0.25, 0.3) is 0 Å². The van der Waals surface area contributed by atoms with Crippen molar-refractivity contribution in [1.82, 2.24) is 5.32 Å². The topological polar surface area (TPSA) is 15.3 Å². The molecule has 98 valence electrons. The van der Waals surface area contributed by atoms with Crippen LogP contribution in [0, 0.1) is 11.7 Å². The Bertz CT molecular complexity index is 434. The van der Waals surface area contributed by atoms with Crippen molar-refractivity contribution >= 4 is 17.3 Å². The first-order valence-corrected chi connectivity index (χ1v) is 7.03. The first-order chi connectivity index (χ1) is 8.72. The molecule has 3 rings (SSSR count). The molecule has 1 aliphatic heterocycles. The van der Waals surface area contributed by atoms with Crippen molar-refractivity contribution in [2.45, 2.75) is 25.3 Å². The Morgan fingerprint density at radius 2 is 2.17 bits per heavy atom. The largest absolute Gasteiger partial charge is 0.370 e. The zero-order chi connectivity index (χ0) is 12.5. The molecule has 1 unspecified atom stereocenters. The summed E-state index contributed by atoms with van der Waals surface area (Å²) in [7, 11) is 0. The van der Waals surface area contributed by atoms with Crippen LogP contribution in [0.2, 0.25) is 5.02 Å². The van der Waals surface area contributed by atoms with E-state index in [2.05, 4.69) is 10.2 Å². The molecule has 1 heterocycles. The first-order valence-electron chi connectivity index (χ1n) is 6.66. The molecule has 4 heteroatoms. The van der Waals surface area contributed by atoms with E-state index >= 15 is 0 Å². The fourth-order valence-corrected chi connectivity index (χ4v) is 2.86. The molecule has 0 radical (unpaired) electrons. The zero-order valence-corrected chi connectivity index (χ0v) is 11.1. The van der Waals surface area contributed by atoms with E-state index in [0.29, 0.717) is 10.9 Å². The van der Waals surface area contributed by atoms with Gasteiger partial charge in [-0.15, -0.1) is 0 Å². The molecule has 2 nitrogen and oxygen atoms in total. The Hall–Kier alpha value is -0.800. The lowest BCUT2D eigenvalue weighted by molar-refractivity contribution is 0.515. The fraction of sp³-hybridized carbons (Fsp3) is 0.571. The van der Waals surface area contributed by atoms with Crippen LogP contribution in [0.25, 0.3) is 0 Å². The minimum absolute atomic E-state index is 0.269. The summed E-state index contributed by atoms with van der Waals surface area (Å²) in [6.07, 6.45) is 3.86. The molecule has 0 aromatic heterocycles. The molecule has 1 aliphatic carbocycles. The Morgan fingerprint density at radius 3 is 2.89 bits per heavy atom. The first kappa shape index (κ1) is 12.2. The van der Waals surface area contributed by atoms with Gasteiger partial charge in [0.2, 0.25) is 0 Å². The third-order valence-corrected chi connectivity index (χ3v) is 4.11. The van der Waals surface area contributed by atoms with E-state index < -0.39 is 0 Å². The maximum atomic E-state index is 13.0. The number of nitrogens with zero attached hydrogens (tertiary/aromatic N) is 1. The van der Waals surface area contributed by atoms with E-state index in [-0.39, 0.29) is 5.82 Å². The third-order valence-electron chi connectivity index (χ3n) is 3.81. The minimum atomic E-state index is -0.269. The van der Waals surface area contributed by atoms with Crippen molar-refractivity contribution in [3.8, 4) is 0 Å². The summed E-state index contributed by atoms with van der Waals surface area (Å²) in [4.78, 5) is 2.26. The molecule has 1 aromatic rings. The highest BCUT2D eigenvalue weighted by atomic mass is 35.5. The van der Waals surface area contributed by atoms with E-state index in [1.807, 2.05) is 0 Å². The molecule has 1 aromatic carbocycles. The summed E-state index contributed by atoms with van der Waals surface area (Å²) in [6.45, 7) is 3.13. The van der Waals surface area contributed by atoms with Gasteiger partial charge in [-0.25, -0.2) is 4.39 Å². The maximum Gasteiger partial charge on any atom is 0.124 e. The average Bonchev–Trinajstić information content (AvgIpc) is 3.05.